The first-order valence-corrected chi connectivity index (χ1v) is 2.39. The minimum atomic E-state index is -0.0538. The van der Waals surface area contributed by atoms with E-state index in [4.69, 9.17) is 12.3 Å². The Labute approximate surface area is 43.1 Å². The van der Waals surface area contributed by atoms with Gasteiger partial charge >= 0.3 is 0 Å². The molecule has 0 radical (unpaired) electrons. The normalized spacial score (nSPS) is 23.4. The van der Waals surface area contributed by atoms with E-state index in [0.717, 1.165) is 12.8 Å². The van der Waals surface area contributed by atoms with Crippen molar-refractivity contribution in [3.05, 3.63) is 11.4 Å². The van der Waals surface area contributed by atoms with Gasteiger partial charge in [-0.05, 0) is 12.8 Å². The van der Waals surface area contributed by atoms with E-state index in [1.807, 2.05) is 0 Å². The van der Waals surface area contributed by atoms with Crippen molar-refractivity contribution < 1.29 is 0 Å². The highest BCUT2D eigenvalue weighted by Crippen LogP contribution is 2.31. The number of hydrogen-bond donors (Lipinski definition) is 1. The number of nitrogens with zero attached hydrogens (tertiary/aromatic N) is 1. The molecular formula is C5H8N2. The van der Waals surface area contributed by atoms with Crippen LogP contribution in [0.4, 0.5) is 0 Å². The van der Waals surface area contributed by atoms with Crippen LogP contribution in [-0.4, -0.2) is 12.1 Å². The second-order valence-corrected chi connectivity index (χ2v) is 2.18. The van der Waals surface area contributed by atoms with Gasteiger partial charge in [0.2, 0.25) is 6.54 Å². The van der Waals surface area contributed by atoms with Gasteiger partial charge in [-0.1, -0.05) is 0 Å². The van der Waals surface area contributed by atoms with Gasteiger partial charge in [0.25, 0.3) is 0 Å². The summed E-state index contributed by atoms with van der Waals surface area (Å²) in [7, 11) is 0. The summed E-state index contributed by atoms with van der Waals surface area (Å²) in [6.45, 7) is 6.96. The lowest BCUT2D eigenvalue weighted by Crippen LogP contribution is -2.24. The Morgan fingerprint density at radius 3 is 2.43 bits per heavy atom. The first-order chi connectivity index (χ1) is 3.27. The monoisotopic (exact) mass is 96.1 g/mol. The summed E-state index contributed by atoms with van der Waals surface area (Å²) >= 11 is 0. The van der Waals surface area contributed by atoms with Gasteiger partial charge in [-0.15, -0.1) is 0 Å². The minimum Gasteiger partial charge on any atom is -0.319 e. The Hall–Kier alpha value is -0.550. The van der Waals surface area contributed by atoms with E-state index in [9.17, 15) is 0 Å². The molecule has 0 saturated heterocycles. The van der Waals surface area contributed by atoms with Crippen LogP contribution in [0.2, 0.25) is 0 Å². The summed E-state index contributed by atoms with van der Waals surface area (Å²) in [6.07, 6.45) is 2.10. The van der Waals surface area contributed by atoms with E-state index in [-0.39, 0.29) is 5.54 Å². The first kappa shape index (κ1) is 4.61. The second kappa shape index (κ2) is 1.21. The molecule has 1 fully saturated rings. The molecule has 2 heteroatoms. The quantitative estimate of drug-likeness (QED) is 0.470. The summed E-state index contributed by atoms with van der Waals surface area (Å²) in [6, 6.07) is 0. The van der Waals surface area contributed by atoms with Crippen LogP contribution in [0.15, 0.2) is 0 Å². The van der Waals surface area contributed by atoms with Gasteiger partial charge in [0, 0.05) is 0 Å². The van der Waals surface area contributed by atoms with E-state index in [2.05, 4.69) is 4.85 Å². The van der Waals surface area contributed by atoms with Crippen molar-refractivity contribution >= 4 is 0 Å². The maximum atomic E-state index is 6.44. The molecule has 0 unspecified atom stereocenters. The lowest BCUT2D eigenvalue weighted by atomic mass is 10.3. The molecule has 0 spiro atoms. The van der Waals surface area contributed by atoms with Crippen molar-refractivity contribution in [3.8, 4) is 0 Å². The maximum absolute atomic E-state index is 6.44. The van der Waals surface area contributed by atoms with E-state index in [1.54, 1.807) is 0 Å². The van der Waals surface area contributed by atoms with E-state index in [0.29, 0.717) is 6.54 Å². The molecule has 0 aromatic rings. The number of hydrogen-bond acceptors (Lipinski definition) is 1. The highest BCUT2D eigenvalue weighted by atomic mass is 14.9. The van der Waals surface area contributed by atoms with Crippen molar-refractivity contribution in [2.75, 3.05) is 6.54 Å². The molecule has 1 saturated carbocycles. The van der Waals surface area contributed by atoms with E-state index < -0.39 is 0 Å². The predicted molar refractivity (Wildman–Crippen MR) is 27.6 cm³/mol. The molecule has 0 aromatic heterocycles. The molecule has 0 amide bonds. The van der Waals surface area contributed by atoms with E-state index >= 15 is 0 Å². The van der Waals surface area contributed by atoms with Crippen LogP contribution in [-0.2, 0) is 0 Å². The molecule has 0 aromatic carbocycles. The first-order valence-electron chi connectivity index (χ1n) is 2.39. The van der Waals surface area contributed by atoms with Gasteiger partial charge in [0.05, 0.1) is 5.54 Å². The van der Waals surface area contributed by atoms with Crippen molar-refractivity contribution in [1.82, 2.24) is 0 Å². The summed E-state index contributed by atoms with van der Waals surface area (Å²) in [4.78, 5) is 3.19. The summed E-state index contributed by atoms with van der Waals surface area (Å²) in [5.41, 5.74) is 5.49. The highest BCUT2D eigenvalue weighted by Gasteiger charge is 2.41. The second-order valence-electron chi connectivity index (χ2n) is 2.18. The Morgan fingerprint density at radius 1 is 1.71 bits per heavy atom. The third-order valence-electron chi connectivity index (χ3n) is 1.29. The molecule has 38 valence electrons. The van der Waals surface area contributed by atoms with Crippen molar-refractivity contribution in [3.63, 3.8) is 0 Å². The molecule has 0 heterocycles. The third-order valence-corrected chi connectivity index (χ3v) is 1.29. The Bertz CT molecular complexity index is 108. The predicted octanol–water partition coefficient (Wildman–Crippen LogP) is 0.397. The van der Waals surface area contributed by atoms with Gasteiger partial charge in [-0.3, -0.25) is 0 Å². The van der Waals surface area contributed by atoms with Crippen LogP contribution in [0.3, 0.4) is 0 Å². The lowest BCUT2D eigenvalue weighted by molar-refractivity contribution is 0.736. The maximum Gasteiger partial charge on any atom is 0.232 e. The van der Waals surface area contributed by atoms with Crippen LogP contribution in [0, 0.1) is 6.57 Å². The van der Waals surface area contributed by atoms with Crippen LogP contribution >= 0.6 is 0 Å². The molecule has 2 N–H and O–H groups in total. The van der Waals surface area contributed by atoms with Gasteiger partial charge in [-0.2, -0.15) is 0 Å². The molecule has 1 rings (SSSR count). The van der Waals surface area contributed by atoms with Crippen LogP contribution in [0.5, 0.6) is 0 Å². The van der Waals surface area contributed by atoms with Gasteiger partial charge in [0.15, 0.2) is 0 Å². The molecule has 7 heavy (non-hydrogen) atoms. The van der Waals surface area contributed by atoms with Crippen molar-refractivity contribution in [1.29, 1.82) is 0 Å². The van der Waals surface area contributed by atoms with Gasteiger partial charge in [0.1, 0.15) is 0 Å². The van der Waals surface area contributed by atoms with Crippen LogP contribution in [0.1, 0.15) is 12.8 Å². The zero-order valence-corrected chi connectivity index (χ0v) is 4.15. The fourth-order valence-electron chi connectivity index (χ4n) is 0.476. The molecule has 0 atom stereocenters. The zero-order valence-electron chi connectivity index (χ0n) is 4.15. The molecular weight excluding hydrogens is 88.1 g/mol. The minimum absolute atomic E-state index is 0.0538. The van der Waals surface area contributed by atoms with Gasteiger partial charge in [-0.25, -0.2) is 6.57 Å². The zero-order chi connectivity index (χ0) is 5.33. The molecule has 0 bridgehead atoms. The third kappa shape index (κ3) is 0.908. The van der Waals surface area contributed by atoms with E-state index in [1.165, 1.54) is 0 Å². The molecule has 1 aliphatic rings. The van der Waals surface area contributed by atoms with Crippen molar-refractivity contribution in [2.45, 2.75) is 18.4 Å². The highest BCUT2D eigenvalue weighted by molar-refractivity contribution is 5.03. The van der Waals surface area contributed by atoms with Crippen molar-refractivity contribution in [2.24, 2.45) is 5.73 Å². The summed E-state index contributed by atoms with van der Waals surface area (Å²) in [5, 5.41) is 0. The molecule has 2 nitrogen and oxygen atoms in total. The van der Waals surface area contributed by atoms with Crippen LogP contribution in [0.25, 0.3) is 4.85 Å². The van der Waals surface area contributed by atoms with Crippen LogP contribution < -0.4 is 5.73 Å². The average Bonchev–Trinajstić information content (AvgIpc) is 2.22. The largest absolute Gasteiger partial charge is 0.319 e. The fraction of sp³-hybridized carbons (Fsp3) is 0.800. The SMILES string of the molecule is [C-]#[N+]CC1(N)CC1. The topological polar surface area (TPSA) is 30.4 Å². The summed E-state index contributed by atoms with van der Waals surface area (Å²) in [5.74, 6) is 0. The Morgan fingerprint density at radius 2 is 2.29 bits per heavy atom. The fourth-order valence-corrected chi connectivity index (χ4v) is 0.476. The Balaban J connectivity index is 2.30. The molecule has 1 aliphatic carbocycles. The lowest BCUT2D eigenvalue weighted by Gasteiger charge is -1.92. The molecule has 0 aliphatic heterocycles. The standard InChI is InChI=1S/C5H8N2/c1-7-4-5(6)2-3-5/h2-4,6H2. The number of rotatable bonds is 1. The average molecular weight is 96.1 g/mol. The summed E-state index contributed by atoms with van der Waals surface area (Å²) < 4.78 is 0. The number of nitrogens with two attached hydrogens (primary N) is 1. The Kier molecular flexibility index (Phi) is 0.795. The smallest absolute Gasteiger partial charge is 0.232 e. The van der Waals surface area contributed by atoms with Gasteiger partial charge < -0.3 is 10.6 Å².